The van der Waals surface area contributed by atoms with Gasteiger partial charge in [-0.05, 0) is 48.7 Å². The zero-order chi connectivity index (χ0) is 18.7. The fourth-order valence-electron chi connectivity index (χ4n) is 2.54. The van der Waals surface area contributed by atoms with Crippen LogP contribution < -0.4 is 10.0 Å². The Morgan fingerprint density at radius 2 is 1.81 bits per heavy atom. The molecule has 3 aromatic rings. The lowest BCUT2D eigenvalue weighted by Gasteiger charge is -2.14. The number of hydrogen-bond acceptors (Lipinski definition) is 5. The van der Waals surface area contributed by atoms with E-state index < -0.39 is 10.0 Å². The number of benzene rings is 1. The van der Waals surface area contributed by atoms with E-state index >= 15 is 0 Å². The lowest BCUT2D eigenvalue weighted by molar-refractivity contribution is 0.603. The van der Waals surface area contributed by atoms with E-state index in [4.69, 9.17) is 0 Å². The van der Waals surface area contributed by atoms with Crippen molar-refractivity contribution < 1.29 is 8.42 Å². The van der Waals surface area contributed by atoms with Gasteiger partial charge < -0.3 is 5.32 Å². The Hall–Kier alpha value is -2.38. The Morgan fingerprint density at radius 3 is 2.42 bits per heavy atom. The molecule has 136 valence electrons. The van der Waals surface area contributed by atoms with Crippen molar-refractivity contribution in [2.24, 2.45) is 0 Å². The van der Waals surface area contributed by atoms with E-state index in [0.717, 1.165) is 10.6 Å². The lowest BCUT2D eigenvalue weighted by Crippen LogP contribution is -2.11. The number of rotatable bonds is 6. The highest BCUT2D eigenvalue weighted by Crippen LogP contribution is 2.27. The van der Waals surface area contributed by atoms with Crippen LogP contribution in [0.15, 0.2) is 58.9 Å². The summed E-state index contributed by atoms with van der Waals surface area (Å²) in [6.07, 6.45) is 1.51. The smallest absolute Gasteiger partial charge is 0.271 e. The fraction of sp³-hybridized carbons (Fsp3) is 0.211. The molecule has 0 bridgehead atoms. The van der Waals surface area contributed by atoms with Crippen LogP contribution in [0.25, 0.3) is 0 Å². The van der Waals surface area contributed by atoms with E-state index in [-0.39, 0.29) is 0 Å². The van der Waals surface area contributed by atoms with Crippen LogP contribution in [0.3, 0.4) is 0 Å². The van der Waals surface area contributed by atoms with E-state index in [0.29, 0.717) is 21.6 Å². The first-order valence-electron chi connectivity index (χ1n) is 8.26. The molecule has 2 aromatic heterocycles. The topological polar surface area (TPSA) is 71.1 Å². The maximum Gasteiger partial charge on any atom is 0.271 e. The third-order valence-electron chi connectivity index (χ3n) is 3.84. The predicted octanol–water partition coefficient (Wildman–Crippen LogP) is 5.12. The van der Waals surface area contributed by atoms with Gasteiger partial charge in [0.15, 0.2) is 0 Å². The first-order valence-corrected chi connectivity index (χ1v) is 10.6. The average Bonchev–Trinajstić information content (AvgIpc) is 3.04. The zero-order valence-electron chi connectivity index (χ0n) is 14.9. The Morgan fingerprint density at radius 1 is 1.04 bits per heavy atom. The fourth-order valence-corrected chi connectivity index (χ4v) is 4.87. The van der Waals surface area contributed by atoms with E-state index in [1.165, 1.54) is 23.1 Å². The highest BCUT2D eigenvalue weighted by molar-refractivity contribution is 7.94. The van der Waals surface area contributed by atoms with Crippen LogP contribution in [0.4, 0.5) is 17.2 Å². The van der Waals surface area contributed by atoms with Gasteiger partial charge in [-0.2, -0.15) is 0 Å². The molecule has 0 saturated heterocycles. The minimum absolute atomic E-state index is 0.295. The number of hydrogen-bond donors (Lipinski definition) is 2. The van der Waals surface area contributed by atoms with Crippen molar-refractivity contribution in [3.8, 4) is 0 Å². The third kappa shape index (κ3) is 4.23. The number of nitrogens with zero attached hydrogens (tertiary/aromatic N) is 1. The Kier molecular flexibility index (Phi) is 5.29. The average molecular weight is 388 g/mol. The van der Waals surface area contributed by atoms with Crippen molar-refractivity contribution in [3.05, 3.63) is 65.2 Å². The van der Waals surface area contributed by atoms with Crippen LogP contribution >= 0.6 is 11.3 Å². The molecule has 26 heavy (non-hydrogen) atoms. The number of anilines is 3. The number of para-hydroxylation sites is 1. The zero-order valence-corrected chi connectivity index (χ0v) is 16.5. The summed E-state index contributed by atoms with van der Waals surface area (Å²) < 4.78 is 27.6. The monoisotopic (exact) mass is 387 g/mol. The Balaban J connectivity index is 1.75. The minimum Gasteiger partial charge on any atom is -0.340 e. The van der Waals surface area contributed by atoms with Crippen LogP contribution in [-0.4, -0.2) is 13.4 Å². The summed E-state index contributed by atoms with van der Waals surface area (Å²) in [6.45, 7) is 6.15. The number of thiophene rings is 1. The molecule has 2 N–H and O–H groups in total. The van der Waals surface area contributed by atoms with E-state index in [2.05, 4.69) is 34.9 Å². The Labute approximate surface area is 158 Å². The van der Waals surface area contributed by atoms with Crippen LogP contribution in [0.1, 0.15) is 30.2 Å². The number of aromatic nitrogens is 1. The van der Waals surface area contributed by atoms with Gasteiger partial charge in [-0.25, -0.2) is 13.4 Å². The SMILES string of the molecule is Cc1ccc(S(=O)(=O)Nc2ccc(Nc3ccccc3C(C)C)nc2)s1. The second-order valence-corrected chi connectivity index (χ2v) is 9.47. The molecule has 0 atom stereocenters. The summed E-state index contributed by atoms with van der Waals surface area (Å²) in [4.78, 5) is 5.27. The number of pyridine rings is 1. The Bertz CT molecular complexity index is 994. The minimum atomic E-state index is -3.57. The molecule has 2 heterocycles. The maximum atomic E-state index is 12.4. The largest absolute Gasteiger partial charge is 0.340 e. The first-order chi connectivity index (χ1) is 12.3. The van der Waals surface area contributed by atoms with Gasteiger partial charge in [0.25, 0.3) is 10.0 Å². The van der Waals surface area contributed by atoms with Gasteiger partial charge in [0.1, 0.15) is 10.0 Å². The summed E-state index contributed by atoms with van der Waals surface area (Å²) in [6, 6.07) is 14.9. The van der Waals surface area contributed by atoms with Crippen LogP contribution in [0.5, 0.6) is 0 Å². The van der Waals surface area contributed by atoms with Gasteiger partial charge >= 0.3 is 0 Å². The molecule has 0 fully saturated rings. The van der Waals surface area contributed by atoms with Crippen molar-refractivity contribution in [1.29, 1.82) is 0 Å². The van der Waals surface area contributed by atoms with E-state index in [9.17, 15) is 8.42 Å². The lowest BCUT2D eigenvalue weighted by atomic mass is 10.0. The second-order valence-electron chi connectivity index (χ2n) is 6.27. The second kappa shape index (κ2) is 7.47. The van der Waals surface area contributed by atoms with Gasteiger partial charge in [-0.1, -0.05) is 32.0 Å². The van der Waals surface area contributed by atoms with E-state index in [1.54, 1.807) is 24.3 Å². The summed E-state index contributed by atoms with van der Waals surface area (Å²) in [5.41, 5.74) is 2.63. The van der Waals surface area contributed by atoms with Crippen molar-refractivity contribution in [2.75, 3.05) is 10.0 Å². The third-order valence-corrected chi connectivity index (χ3v) is 6.72. The van der Waals surface area contributed by atoms with Crippen LogP contribution in [0, 0.1) is 6.92 Å². The molecule has 3 rings (SSSR count). The highest BCUT2D eigenvalue weighted by atomic mass is 32.2. The molecule has 0 aliphatic rings. The first kappa shape index (κ1) is 18.4. The molecule has 0 aliphatic carbocycles. The van der Waals surface area contributed by atoms with Gasteiger partial charge in [0.05, 0.1) is 11.9 Å². The molecular formula is C19H21N3O2S2. The van der Waals surface area contributed by atoms with Crippen molar-refractivity contribution in [2.45, 2.75) is 30.9 Å². The predicted molar refractivity (Wildman–Crippen MR) is 108 cm³/mol. The quantitative estimate of drug-likeness (QED) is 0.616. The van der Waals surface area contributed by atoms with E-state index in [1.807, 2.05) is 25.1 Å². The molecule has 7 heteroatoms. The number of nitrogens with one attached hydrogen (secondary N) is 2. The van der Waals surface area contributed by atoms with Gasteiger partial charge in [-0.3, -0.25) is 4.72 Å². The molecule has 0 spiro atoms. The standard InChI is InChI=1S/C19H21N3O2S2/c1-13(2)16-6-4-5-7-17(16)21-18-10-9-15(12-20-18)22-26(23,24)19-11-8-14(3)25-19/h4-13,22H,1-3H3,(H,20,21). The summed E-state index contributed by atoms with van der Waals surface area (Å²) >= 11 is 1.24. The van der Waals surface area contributed by atoms with Gasteiger partial charge in [-0.15, -0.1) is 11.3 Å². The van der Waals surface area contributed by atoms with Crippen LogP contribution in [0.2, 0.25) is 0 Å². The van der Waals surface area contributed by atoms with Gasteiger partial charge in [0, 0.05) is 10.6 Å². The highest BCUT2D eigenvalue weighted by Gasteiger charge is 2.16. The molecule has 5 nitrogen and oxygen atoms in total. The molecule has 0 unspecified atom stereocenters. The van der Waals surface area contributed by atoms with Gasteiger partial charge in [0.2, 0.25) is 0 Å². The summed E-state index contributed by atoms with van der Waals surface area (Å²) in [7, 11) is -3.57. The molecule has 0 amide bonds. The molecule has 1 aromatic carbocycles. The maximum absolute atomic E-state index is 12.4. The van der Waals surface area contributed by atoms with Crippen molar-refractivity contribution in [1.82, 2.24) is 4.98 Å². The normalized spacial score (nSPS) is 11.5. The molecular weight excluding hydrogens is 366 g/mol. The van der Waals surface area contributed by atoms with Crippen molar-refractivity contribution >= 4 is 38.6 Å². The molecule has 0 saturated carbocycles. The van der Waals surface area contributed by atoms with Crippen LogP contribution in [-0.2, 0) is 10.0 Å². The molecule has 0 radical (unpaired) electrons. The number of sulfonamides is 1. The summed E-state index contributed by atoms with van der Waals surface area (Å²) in [5.74, 6) is 1.05. The summed E-state index contributed by atoms with van der Waals surface area (Å²) in [5, 5.41) is 3.29. The van der Waals surface area contributed by atoms with Crippen molar-refractivity contribution in [3.63, 3.8) is 0 Å². The number of aryl methyl sites for hydroxylation is 1. The molecule has 0 aliphatic heterocycles.